The summed E-state index contributed by atoms with van der Waals surface area (Å²) in [6.45, 7) is 5.85. The number of rotatable bonds is 19. The molecule has 0 bridgehead atoms. The highest BCUT2D eigenvalue weighted by atomic mass is 16.4. The van der Waals surface area contributed by atoms with Gasteiger partial charge in [-0.1, -0.05) is 40.5 Å². The van der Waals surface area contributed by atoms with Gasteiger partial charge in [0.05, 0.1) is 19.3 Å². The van der Waals surface area contributed by atoms with Gasteiger partial charge in [0.15, 0.2) is 0 Å². The normalized spacial score (nSPS) is 16.6. The molecule has 0 heterocycles. The molecular weight excluding hydrogens is 500 g/mol. The molecule has 0 aliphatic rings. The van der Waals surface area contributed by atoms with Gasteiger partial charge in [-0.3, -0.25) is 19.2 Å². The van der Waals surface area contributed by atoms with Crippen molar-refractivity contribution in [3.05, 3.63) is 0 Å². The smallest absolute Gasteiger partial charge is 0.328 e. The Bertz CT molecular complexity index is 783. The zero-order valence-corrected chi connectivity index (χ0v) is 22.7. The van der Waals surface area contributed by atoms with Crippen molar-refractivity contribution in [3.63, 3.8) is 0 Å². The Balaban J connectivity index is 5.67. The van der Waals surface area contributed by atoms with E-state index in [1.807, 2.05) is 19.2 Å². The third kappa shape index (κ3) is 11.7. The van der Waals surface area contributed by atoms with Gasteiger partial charge < -0.3 is 48.1 Å². The molecule has 7 atom stereocenters. The number of hydrogen-bond acceptors (Lipinski definition) is 9. The van der Waals surface area contributed by atoms with Crippen LogP contribution in [0.3, 0.4) is 0 Å². The number of aliphatic hydroxyl groups excluding tert-OH is 2. The monoisotopic (exact) mass is 546 g/mol. The van der Waals surface area contributed by atoms with Crippen molar-refractivity contribution >= 4 is 29.6 Å². The van der Waals surface area contributed by atoms with Gasteiger partial charge in [0.2, 0.25) is 23.6 Å². The summed E-state index contributed by atoms with van der Waals surface area (Å²) in [6.07, 6.45) is 2.54. The summed E-state index contributed by atoms with van der Waals surface area (Å²) in [7, 11) is 0. The number of unbranched alkanes of at least 4 members (excludes halogenated alkanes) is 1. The maximum Gasteiger partial charge on any atom is 0.328 e. The van der Waals surface area contributed by atoms with Crippen LogP contribution in [0.1, 0.15) is 59.8 Å². The number of hydrogen-bond donors (Lipinski definition) is 9. The van der Waals surface area contributed by atoms with Crippen LogP contribution < -0.4 is 32.7 Å². The quantitative estimate of drug-likeness (QED) is 0.0773. The number of nitrogens with two attached hydrogens (primary N) is 2. The minimum absolute atomic E-state index is 0.116. The molecule has 11 N–H and O–H groups in total. The first-order valence-electron chi connectivity index (χ1n) is 13.0. The minimum Gasteiger partial charge on any atom is -0.480 e. The van der Waals surface area contributed by atoms with Crippen LogP contribution in [-0.4, -0.2) is 94.9 Å². The summed E-state index contributed by atoms with van der Waals surface area (Å²) in [4.78, 5) is 62.4. The van der Waals surface area contributed by atoms with Crippen LogP contribution in [0.2, 0.25) is 0 Å². The van der Waals surface area contributed by atoms with E-state index in [-0.39, 0.29) is 12.3 Å². The number of carbonyl (C=O) groups excluding carboxylic acids is 4. The lowest BCUT2D eigenvalue weighted by Crippen LogP contribution is -2.60. The molecule has 0 aromatic rings. The van der Waals surface area contributed by atoms with Crippen LogP contribution in [0, 0.1) is 11.8 Å². The standard InChI is InChI=1S/C24H46N6O8/c1-5-13(3)18(26)22(35)27-15(9-7-8-10-25)20(33)30-19(14(4)6-2)23(36)28-16(11-31)21(34)29-17(12-32)24(37)38/h13-19,31-32H,5-12,25-26H2,1-4H3,(H,27,35)(H,28,36)(H,29,34)(H,30,33)(H,37,38)/t13-,14-,15-,16-,17-,18-,19-/m0/s1. The molecule has 4 amide bonds. The molecule has 0 fully saturated rings. The Hall–Kier alpha value is -2.81. The fourth-order valence-corrected chi connectivity index (χ4v) is 3.41. The lowest BCUT2D eigenvalue weighted by molar-refractivity contribution is -0.143. The summed E-state index contributed by atoms with van der Waals surface area (Å²) in [5.41, 5.74) is 11.6. The number of carbonyl (C=O) groups is 5. The Morgan fingerprint density at radius 3 is 1.68 bits per heavy atom. The Kier molecular flexibility index (Phi) is 17.1. The molecule has 0 aliphatic carbocycles. The van der Waals surface area contributed by atoms with Crippen molar-refractivity contribution in [2.24, 2.45) is 23.3 Å². The number of aliphatic hydroxyl groups is 2. The number of carboxylic acids is 1. The molecule has 0 rings (SSSR count). The molecule has 0 aromatic heterocycles. The average Bonchev–Trinajstić information content (AvgIpc) is 2.90. The molecule has 0 aliphatic heterocycles. The number of aliphatic carboxylic acids is 1. The van der Waals surface area contributed by atoms with Gasteiger partial charge in [-0.15, -0.1) is 0 Å². The van der Waals surface area contributed by atoms with Gasteiger partial charge in [-0.05, 0) is 37.6 Å². The van der Waals surface area contributed by atoms with E-state index in [4.69, 9.17) is 21.7 Å². The average molecular weight is 547 g/mol. The fourth-order valence-electron chi connectivity index (χ4n) is 3.41. The predicted octanol–water partition coefficient (Wildman–Crippen LogP) is -2.46. The molecule has 0 spiro atoms. The van der Waals surface area contributed by atoms with Gasteiger partial charge in [-0.25, -0.2) is 4.79 Å². The van der Waals surface area contributed by atoms with Crippen LogP contribution in [0.15, 0.2) is 0 Å². The predicted molar refractivity (Wildman–Crippen MR) is 139 cm³/mol. The van der Waals surface area contributed by atoms with E-state index in [1.54, 1.807) is 13.8 Å². The van der Waals surface area contributed by atoms with Crippen LogP contribution in [0.4, 0.5) is 0 Å². The van der Waals surface area contributed by atoms with Crippen molar-refractivity contribution in [1.29, 1.82) is 0 Å². The van der Waals surface area contributed by atoms with Crippen molar-refractivity contribution in [2.75, 3.05) is 19.8 Å². The molecule has 0 saturated heterocycles. The Morgan fingerprint density at radius 1 is 0.711 bits per heavy atom. The van der Waals surface area contributed by atoms with E-state index in [0.29, 0.717) is 32.2 Å². The minimum atomic E-state index is -1.63. The van der Waals surface area contributed by atoms with Crippen LogP contribution in [0.5, 0.6) is 0 Å². The van der Waals surface area contributed by atoms with Gasteiger partial charge in [0, 0.05) is 0 Å². The number of amides is 4. The van der Waals surface area contributed by atoms with E-state index in [9.17, 15) is 29.1 Å². The third-order valence-corrected chi connectivity index (χ3v) is 6.55. The summed E-state index contributed by atoms with van der Waals surface area (Å²) in [5.74, 6) is -4.95. The second-order valence-corrected chi connectivity index (χ2v) is 9.45. The molecular formula is C24H46N6O8. The van der Waals surface area contributed by atoms with E-state index in [2.05, 4.69) is 16.0 Å². The molecule has 0 unspecified atom stereocenters. The summed E-state index contributed by atoms with van der Waals surface area (Å²) in [6, 6.07) is -6.11. The van der Waals surface area contributed by atoms with Crippen molar-refractivity contribution in [3.8, 4) is 0 Å². The molecule has 14 nitrogen and oxygen atoms in total. The second-order valence-electron chi connectivity index (χ2n) is 9.45. The third-order valence-electron chi connectivity index (χ3n) is 6.55. The molecule has 0 aromatic carbocycles. The number of nitrogens with one attached hydrogen (secondary N) is 4. The first-order valence-corrected chi connectivity index (χ1v) is 13.0. The highest BCUT2D eigenvalue weighted by Gasteiger charge is 2.33. The number of carboxylic acid groups (broad SMARTS) is 1. The first kappa shape index (κ1) is 35.2. The fraction of sp³-hybridized carbons (Fsp3) is 0.792. The van der Waals surface area contributed by atoms with Gasteiger partial charge >= 0.3 is 5.97 Å². The lowest BCUT2D eigenvalue weighted by atomic mass is 9.96. The Morgan fingerprint density at radius 2 is 1.21 bits per heavy atom. The largest absolute Gasteiger partial charge is 0.480 e. The van der Waals surface area contributed by atoms with E-state index >= 15 is 0 Å². The van der Waals surface area contributed by atoms with Gasteiger partial charge in [0.1, 0.15) is 24.2 Å². The second kappa shape index (κ2) is 18.4. The van der Waals surface area contributed by atoms with E-state index < -0.39 is 78.9 Å². The van der Waals surface area contributed by atoms with Crippen molar-refractivity contribution in [2.45, 2.75) is 90.0 Å². The van der Waals surface area contributed by atoms with E-state index in [0.717, 1.165) is 0 Å². The zero-order valence-electron chi connectivity index (χ0n) is 22.7. The highest BCUT2D eigenvalue weighted by Crippen LogP contribution is 2.11. The zero-order chi connectivity index (χ0) is 29.4. The van der Waals surface area contributed by atoms with Crippen LogP contribution >= 0.6 is 0 Å². The van der Waals surface area contributed by atoms with E-state index in [1.165, 1.54) is 0 Å². The molecule has 0 radical (unpaired) electrons. The van der Waals surface area contributed by atoms with Crippen molar-refractivity contribution < 1.29 is 39.3 Å². The van der Waals surface area contributed by atoms with Crippen LogP contribution in [0.25, 0.3) is 0 Å². The molecule has 220 valence electrons. The van der Waals surface area contributed by atoms with Crippen molar-refractivity contribution in [1.82, 2.24) is 21.3 Å². The molecule has 38 heavy (non-hydrogen) atoms. The summed E-state index contributed by atoms with van der Waals surface area (Å²) < 4.78 is 0. The summed E-state index contributed by atoms with van der Waals surface area (Å²) in [5, 5.41) is 37.4. The SMILES string of the molecule is CC[C@H](C)[C@H](N)C(=O)N[C@@H](CCCCN)C(=O)N[C@H](C(=O)N[C@@H](CO)C(=O)N[C@@H](CO)C(=O)O)[C@@H](C)CC. The molecule has 0 saturated carbocycles. The lowest BCUT2D eigenvalue weighted by Gasteiger charge is -2.29. The summed E-state index contributed by atoms with van der Waals surface area (Å²) >= 11 is 0. The molecule has 14 heteroatoms. The van der Waals surface area contributed by atoms with Crippen LogP contribution in [-0.2, 0) is 24.0 Å². The maximum atomic E-state index is 13.2. The highest BCUT2D eigenvalue weighted by molar-refractivity contribution is 5.95. The Labute approximate surface area is 223 Å². The first-order chi connectivity index (χ1) is 17.9. The topological polar surface area (TPSA) is 246 Å². The van der Waals surface area contributed by atoms with Gasteiger partial charge in [-0.2, -0.15) is 0 Å². The van der Waals surface area contributed by atoms with Gasteiger partial charge in [0.25, 0.3) is 0 Å². The maximum absolute atomic E-state index is 13.2.